The number of carbonyl (C=O) groups excluding carboxylic acids is 2. The monoisotopic (exact) mass is 395 g/mol. The van der Waals surface area contributed by atoms with Crippen molar-refractivity contribution in [3.8, 4) is 11.5 Å². The van der Waals surface area contributed by atoms with E-state index >= 15 is 0 Å². The summed E-state index contributed by atoms with van der Waals surface area (Å²) in [4.78, 5) is 33.7. The summed E-state index contributed by atoms with van der Waals surface area (Å²) < 4.78 is 10.9. The molecule has 0 atom stereocenters. The summed E-state index contributed by atoms with van der Waals surface area (Å²) in [5.74, 6) is 1.40. The van der Waals surface area contributed by atoms with Crippen molar-refractivity contribution >= 4 is 17.6 Å². The smallest absolute Gasteiger partial charge is 0.263 e. The molecule has 2 aliphatic rings. The van der Waals surface area contributed by atoms with Crippen molar-refractivity contribution in [2.75, 3.05) is 31.7 Å². The largest absolute Gasteiger partial charge is 0.493 e. The highest BCUT2D eigenvalue weighted by Crippen LogP contribution is 2.31. The Balaban J connectivity index is 1.57. The van der Waals surface area contributed by atoms with Crippen LogP contribution in [-0.2, 0) is 6.54 Å². The quantitative estimate of drug-likeness (QED) is 0.699. The topological polar surface area (TPSA) is 72.0 Å². The average molecular weight is 395 g/mol. The fourth-order valence-corrected chi connectivity index (χ4v) is 3.88. The first-order valence-corrected chi connectivity index (χ1v) is 10.0. The molecule has 3 heterocycles. The molecule has 1 aromatic heterocycles. The molecule has 0 spiro atoms. The summed E-state index contributed by atoms with van der Waals surface area (Å²) in [6, 6.07) is 7.20. The van der Waals surface area contributed by atoms with Crippen LogP contribution in [0.4, 0.5) is 5.82 Å². The number of carbonyl (C=O) groups is 2. The Kier molecular flexibility index (Phi) is 5.38. The van der Waals surface area contributed by atoms with Crippen molar-refractivity contribution in [1.82, 2.24) is 9.88 Å². The molecule has 4 rings (SSSR count). The van der Waals surface area contributed by atoms with Crippen LogP contribution in [0.5, 0.6) is 11.5 Å². The number of rotatable bonds is 6. The number of amides is 2. The zero-order chi connectivity index (χ0) is 20.4. The van der Waals surface area contributed by atoms with Gasteiger partial charge in [0.15, 0.2) is 11.5 Å². The van der Waals surface area contributed by atoms with E-state index in [-0.39, 0.29) is 18.4 Å². The van der Waals surface area contributed by atoms with E-state index in [1.165, 1.54) is 11.3 Å². The van der Waals surface area contributed by atoms with Gasteiger partial charge in [-0.05, 0) is 49.9 Å². The zero-order valence-electron chi connectivity index (χ0n) is 16.8. The van der Waals surface area contributed by atoms with Crippen LogP contribution in [0.3, 0.4) is 0 Å². The molecule has 0 saturated carbocycles. The van der Waals surface area contributed by atoms with Gasteiger partial charge in [0.2, 0.25) is 0 Å². The van der Waals surface area contributed by atoms with E-state index in [0.29, 0.717) is 29.2 Å². The van der Waals surface area contributed by atoms with Crippen LogP contribution >= 0.6 is 0 Å². The number of anilines is 1. The summed E-state index contributed by atoms with van der Waals surface area (Å²) in [6.07, 6.45) is 5.01. The molecule has 0 unspecified atom stereocenters. The van der Waals surface area contributed by atoms with Gasteiger partial charge in [-0.3, -0.25) is 14.5 Å². The Labute approximate surface area is 170 Å². The van der Waals surface area contributed by atoms with Gasteiger partial charge in [-0.2, -0.15) is 0 Å². The molecule has 0 radical (unpaired) electrons. The minimum absolute atomic E-state index is 0.176. The van der Waals surface area contributed by atoms with E-state index in [1.54, 1.807) is 25.4 Å². The lowest BCUT2D eigenvalue weighted by molar-refractivity contribution is 0.0642. The van der Waals surface area contributed by atoms with Gasteiger partial charge in [0.25, 0.3) is 11.8 Å². The van der Waals surface area contributed by atoms with Crippen molar-refractivity contribution < 1.29 is 19.1 Å². The maximum absolute atomic E-state index is 13.0. The standard InChI is InChI=1S/C22H25N3O4/c1-3-29-19-11-15(7-8-18(19)28-2)14-25-21(26)16-12-20(23-13-17(16)22(25)27)24-9-5-4-6-10-24/h7-8,11-13H,3-6,9-10,14H2,1-2H3. The van der Waals surface area contributed by atoms with Gasteiger partial charge in [-0.15, -0.1) is 0 Å². The first-order chi connectivity index (χ1) is 14.1. The molecular weight excluding hydrogens is 370 g/mol. The number of pyridine rings is 1. The molecule has 2 amide bonds. The summed E-state index contributed by atoms with van der Waals surface area (Å²) in [7, 11) is 1.58. The van der Waals surface area contributed by atoms with E-state index in [0.717, 1.165) is 37.3 Å². The highest BCUT2D eigenvalue weighted by atomic mass is 16.5. The lowest BCUT2D eigenvalue weighted by Crippen LogP contribution is -2.30. The normalized spacial score (nSPS) is 16.2. The third-order valence-electron chi connectivity index (χ3n) is 5.39. The number of imide groups is 1. The molecule has 1 saturated heterocycles. The number of piperidine rings is 1. The van der Waals surface area contributed by atoms with Crippen LogP contribution in [0.25, 0.3) is 0 Å². The van der Waals surface area contributed by atoms with E-state index in [4.69, 9.17) is 9.47 Å². The minimum atomic E-state index is -0.309. The number of benzene rings is 1. The minimum Gasteiger partial charge on any atom is -0.493 e. The highest BCUT2D eigenvalue weighted by Gasteiger charge is 2.36. The number of aromatic nitrogens is 1. The number of hydrogen-bond acceptors (Lipinski definition) is 6. The van der Waals surface area contributed by atoms with E-state index in [2.05, 4.69) is 9.88 Å². The summed E-state index contributed by atoms with van der Waals surface area (Å²) in [5.41, 5.74) is 1.60. The molecule has 29 heavy (non-hydrogen) atoms. The maximum atomic E-state index is 13.0. The summed E-state index contributed by atoms with van der Waals surface area (Å²) >= 11 is 0. The number of hydrogen-bond donors (Lipinski definition) is 0. The van der Waals surface area contributed by atoms with Crippen LogP contribution in [-0.4, -0.2) is 48.5 Å². The molecule has 0 N–H and O–H groups in total. The van der Waals surface area contributed by atoms with Gasteiger partial charge in [0.05, 0.1) is 31.4 Å². The van der Waals surface area contributed by atoms with Crippen LogP contribution < -0.4 is 14.4 Å². The number of ether oxygens (including phenoxy) is 2. The van der Waals surface area contributed by atoms with Gasteiger partial charge in [0.1, 0.15) is 5.82 Å². The van der Waals surface area contributed by atoms with E-state index < -0.39 is 0 Å². The number of nitrogens with zero attached hydrogens (tertiary/aromatic N) is 3. The maximum Gasteiger partial charge on any atom is 0.263 e. The van der Waals surface area contributed by atoms with Gasteiger partial charge >= 0.3 is 0 Å². The second-order valence-electron chi connectivity index (χ2n) is 7.25. The molecule has 0 aliphatic carbocycles. The molecule has 1 fully saturated rings. The van der Waals surface area contributed by atoms with Crippen LogP contribution in [0.15, 0.2) is 30.5 Å². The molecular formula is C22H25N3O4. The van der Waals surface area contributed by atoms with Gasteiger partial charge < -0.3 is 14.4 Å². The number of fused-ring (bicyclic) bond motifs is 1. The molecule has 7 heteroatoms. The van der Waals surface area contributed by atoms with Gasteiger partial charge in [-0.25, -0.2) is 4.98 Å². The molecule has 7 nitrogen and oxygen atoms in total. The lowest BCUT2D eigenvalue weighted by Gasteiger charge is -2.27. The molecule has 1 aromatic carbocycles. The van der Waals surface area contributed by atoms with Crippen molar-refractivity contribution in [2.24, 2.45) is 0 Å². The first kappa shape index (κ1) is 19.2. The Bertz CT molecular complexity index is 938. The van der Waals surface area contributed by atoms with Crippen molar-refractivity contribution in [3.63, 3.8) is 0 Å². The third kappa shape index (κ3) is 3.64. The first-order valence-electron chi connectivity index (χ1n) is 10.0. The predicted octanol–water partition coefficient (Wildman–Crippen LogP) is 3.28. The molecule has 2 aromatic rings. The van der Waals surface area contributed by atoms with Crippen LogP contribution in [0.2, 0.25) is 0 Å². The lowest BCUT2D eigenvalue weighted by atomic mass is 10.1. The Morgan fingerprint density at radius 3 is 2.48 bits per heavy atom. The van der Waals surface area contributed by atoms with Crippen LogP contribution in [0.1, 0.15) is 52.5 Å². The van der Waals surface area contributed by atoms with Crippen molar-refractivity contribution in [1.29, 1.82) is 0 Å². The Morgan fingerprint density at radius 2 is 1.76 bits per heavy atom. The van der Waals surface area contributed by atoms with E-state index in [1.807, 2.05) is 19.1 Å². The SMILES string of the molecule is CCOc1cc(CN2C(=O)c3cnc(N4CCCCC4)cc3C2=O)ccc1OC. The average Bonchev–Trinajstić information content (AvgIpc) is 2.99. The molecule has 0 bridgehead atoms. The van der Waals surface area contributed by atoms with E-state index in [9.17, 15) is 9.59 Å². The second kappa shape index (κ2) is 8.11. The van der Waals surface area contributed by atoms with Crippen molar-refractivity contribution in [2.45, 2.75) is 32.7 Å². The highest BCUT2D eigenvalue weighted by molar-refractivity contribution is 6.21. The van der Waals surface area contributed by atoms with Gasteiger partial charge in [0, 0.05) is 19.3 Å². The Hall–Kier alpha value is -3.09. The van der Waals surface area contributed by atoms with Gasteiger partial charge in [-0.1, -0.05) is 6.07 Å². The zero-order valence-corrected chi connectivity index (χ0v) is 16.8. The number of methoxy groups -OCH3 is 1. The fourth-order valence-electron chi connectivity index (χ4n) is 3.88. The molecule has 2 aliphatic heterocycles. The summed E-state index contributed by atoms with van der Waals surface area (Å²) in [6.45, 7) is 4.43. The molecule has 152 valence electrons. The Morgan fingerprint density at radius 1 is 1.00 bits per heavy atom. The third-order valence-corrected chi connectivity index (χ3v) is 5.39. The second-order valence-corrected chi connectivity index (χ2v) is 7.25. The summed E-state index contributed by atoms with van der Waals surface area (Å²) in [5, 5.41) is 0. The van der Waals surface area contributed by atoms with Crippen LogP contribution in [0, 0.1) is 0 Å². The fraction of sp³-hybridized carbons (Fsp3) is 0.409. The van der Waals surface area contributed by atoms with Crippen molar-refractivity contribution in [3.05, 3.63) is 47.2 Å². The predicted molar refractivity (Wildman–Crippen MR) is 109 cm³/mol.